The van der Waals surface area contributed by atoms with Gasteiger partial charge in [-0.3, -0.25) is 4.79 Å². The number of likely N-dealkylation sites (tertiary alicyclic amines) is 1. The van der Waals surface area contributed by atoms with Crippen molar-refractivity contribution in [3.63, 3.8) is 0 Å². The molecule has 2 aromatic carbocycles. The first-order chi connectivity index (χ1) is 13.7. The molecule has 0 unspecified atom stereocenters. The van der Waals surface area contributed by atoms with Gasteiger partial charge in [0.25, 0.3) is 5.91 Å². The molecular formula is C24H32N2O2. The third-order valence-corrected chi connectivity index (χ3v) is 5.62. The first kappa shape index (κ1) is 20.6. The molecular weight excluding hydrogens is 348 g/mol. The van der Waals surface area contributed by atoms with E-state index in [1.165, 1.54) is 38.8 Å². The van der Waals surface area contributed by atoms with Crippen molar-refractivity contribution >= 4 is 5.91 Å². The van der Waals surface area contributed by atoms with Gasteiger partial charge in [0.1, 0.15) is 0 Å². The summed E-state index contributed by atoms with van der Waals surface area (Å²) >= 11 is 0. The van der Waals surface area contributed by atoms with Gasteiger partial charge in [-0.05, 0) is 67.7 Å². The van der Waals surface area contributed by atoms with Gasteiger partial charge in [0, 0.05) is 19.2 Å². The monoisotopic (exact) mass is 380 g/mol. The Morgan fingerprint density at radius 1 is 1.04 bits per heavy atom. The fraction of sp³-hybridized carbons (Fsp3) is 0.458. The van der Waals surface area contributed by atoms with E-state index in [1.807, 2.05) is 60.5 Å². The molecule has 0 aromatic heterocycles. The Morgan fingerprint density at radius 3 is 2.54 bits per heavy atom. The molecule has 1 aliphatic heterocycles. The predicted octanol–water partition coefficient (Wildman–Crippen LogP) is 4.18. The van der Waals surface area contributed by atoms with Crippen molar-refractivity contribution in [2.45, 2.75) is 38.7 Å². The number of carbonyl (C=O) groups excluding carboxylic acids is 1. The summed E-state index contributed by atoms with van der Waals surface area (Å²) in [4.78, 5) is 17.3. The minimum atomic E-state index is -0.00918. The smallest absolute Gasteiger partial charge is 0.253 e. The van der Waals surface area contributed by atoms with Crippen molar-refractivity contribution in [3.8, 4) is 11.1 Å². The highest BCUT2D eigenvalue weighted by molar-refractivity contribution is 5.95. The highest BCUT2D eigenvalue weighted by Gasteiger charge is 2.14. The Kier molecular flexibility index (Phi) is 7.63. The molecule has 0 saturated carbocycles. The second kappa shape index (κ2) is 10.4. The van der Waals surface area contributed by atoms with Gasteiger partial charge in [-0.1, -0.05) is 49.2 Å². The lowest BCUT2D eigenvalue weighted by atomic mass is 9.98. The molecule has 1 fully saturated rings. The molecule has 1 heterocycles. The summed E-state index contributed by atoms with van der Waals surface area (Å²) in [6.07, 6.45) is 6.32. The summed E-state index contributed by atoms with van der Waals surface area (Å²) in [5, 5.41) is 9.59. The largest absolute Gasteiger partial charge is 0.392 e. The van der Waals surface area contributed by atoms with Gasteiger partial charge in [0.05, 0.1) is 6.61 Å². The standard InChI is InChI=1S/C24H32N2O2/c1-25(14-9-17-26-15-6-2-3-7-16-26)24(28)21-12-8-11-20(18-21)23-13-5-4-10-22(23)19-27/h4-5,8,10-13,18,27H,2-3,6-7,9,14-17,19H2,1H3. The van der Waals surface area contributed by atoms with Crippen LogP contribution in [-0.2, 0) is 6.61 Å². The Morgan fingerprint density at radius 2 is 1.79 bits per heavy atom. The topological polar surface area (TPSA) is 43.8 Å². The zero-order chi connectivity index (χ0) is 19.8. The van der Waals surface area contributed by atoms with Gasteiger partial charge in [0.15, 0.2) is 0 Å². The Hall–Kier alpha value is -2.17. The average Bonchev–Trinajstić information content (AvgIpc) is 3.02. The number of carbonyl (C=O) groups is 1. The van der Waals surface area contributed by atoms with E-state index >= 15 is 0 Å². The molecule has 1 N–H and O–H groups in total. The van der Waals surface area contributed by atoms with E-state index in [-0.39, 0.29) is 12.5 Å². The first-order valence-electron chi connectivity index (χ1n) is 10.5. The molecule has 3 rings (SSSR count). The third kappa shape index (κ3) is 5.43. The van der Waals surface area contributed by atoms with E-state index in [9.17, 15) is 9.90 Å². The zero-order valence-corrected chi connectivity index (χ0v) is 16.9. The second-order valence-electron chi connectivity index (χ2n) is 7.73. The fourth-order valence-electron chi connectivity index (χ4n) is 3.97. The van der Waals surface area contributed by atoms with Crippen molar-refractivity contribution < 1.29 is 9.90 Å². The Labute approximate surface area is 168 Å². The molecule has 1 saturated heterocycles. The highest BCUT2D eigenvalue weighted by Crippen LogP contribution is 2.25. The summed E-state index contributed by atoms with van der Waals surface area (Å²) in [5.74, 6) is 0.0548. The minimum absolute atomic E-state index is 0.00918. The van der Waals surface area contributed by atoms with Gasteiger partial charge in [-0.2, -0.15) is 0 Å². The van der Waals surface area contributed by atoms with Crippen LogP contribution in [0.5, 0.6) is 0 Å². The van der Waals surface area contributed by atoms with Gasteiger partial charge >= 0.3 is 0 Å². The van der Waals surface area contributed by atoms with Crippen molar-refractivity contribution in [2.75, 3.05) is 33.2 Å². The van der Waals surface area contributed by atoms with Gasteiger partial charge in [-0.25, -0.2) is 0 Å². The number of hydrogen-bond donors (Lipinski definition) is 1. The van der Waals surface area contributed by atoms with Crippen LogP contribution in [0.1, 0.15) is 48.0 Å². The van der Waals surface area contributed by atoms with Gasteiger partial charge < -0.3 is 14.9 Å². The zero-order valence-electron chi connectivity index (χ0n) is 16.9. The van der Waals surface area contributed by atoms with E-state index in [0.29, 0.717) is 5.56 Å². The van der Waals surface area contributed by atoms with Crippen molar-refractivity contribution in [2.24, 2.45) is 0 Å². The van der Waals surface area contributed by atoms with Crippen LogP contribution in [0.15, 0.2) is 48.5 Å². The molecule has 0 aliphatic carbocycles. The molecule has 2 aromatic rings. The lowest BCUT2D eigenvalue weighted by Crippen LogP contribution is -2.32. The van der Waals surface area contributed by atoms with E-state index < -0.39 is 0 Å². The molecule has 1 aliphatic rings. The third-order valence-electron chi connectivity index (χ3n) is 5.62. The van der Waals surface area contributed by atoms with E-state index in [4.69, 9.17) is 0 Å². The number of benzene rings is 2. The van der Waals surface area contributed by atoms with Crippen LogP contribution in [-0.4, -0.2) is 54.0 Å². The van der Waals surface area contributed by atoms with Gasteiger partial charge in [-0.15, -0.1) is 0 Å². The summed E-state index contributed by atoms with van der Waals surface area (Å²) in [6.45, 7) is 4.23. The van der Waals surface area contributed by atoms with E-state index in [2.05, 4.69) is 4.90 Å². The summed E-state index contributed by atoms with van der Waals surface area (Å²) in [7, 11) is 1.89. The van der Waals surface area contributed by atoms with Crippen LogP contribution in [0.4, 0.5) is 0 Å². The van der Waals surface area contributed by atoms with E-state index in [0.717, 1.165) is 36.2 Å². The van der Waals surface area contributed by atoms with Gasteiger partial charge in [0.2, 0.25) is 0 Å². The number of amides is 1. The Balaban J connectivity index is 1.60. The van der Waals surface area contributed by atoms with Crippen molar-refractivity contribution in [3.05, 3.63) is 59.7 Å². The number of hydrogen-bond acceptors (Lipinski definition) is 3. The molecule has 0 radical (unpaired) electrons. The van der Waals surface area contributed by atoms with Crippen LogP contribution < -0.4 is 0 Å². The number of nitrogens with zero attached hydrogens (tertiary/aromatic N) is 2. The molecule has 150 valence electrons. The first-order valence-corrected chi connectivity index (χ1v) is 10.5. The number of aliphatic hydroxyl groups excluding tert-OH is 1. The average molecular weight is 381 g/mol. The van der Waals surface area contributed by atoms with Crippen LogP contribution in [0.3, 0.4) is 0 Å². The Bertz CT molecular complexity index is 767. The second-order valence-corrected chi connectivity index (χ2v) is 7.73. The maximum Gasteiger partial charge on any atom is 0.253 e. The summed E-state index contributed by atoms with van der Waals surface area (Å²) in [6, 6.07) is 15.5. The fourth-order valence-corrected chi connectivity index (χ4v) is 3.97. The maximum absolute atomic E-state index is 12.9. The number of aliphatic hydroxyl groups is 1. The molecule has 28 heavy (non-hydrogen) atoms. The number of rotatable bonds is 7. The van der Waals surface area contributed by atoms with Crippen LogP contribution >= 0.6 is 0 Å². The lowest BCUT2D eigenvalue weighted by molar-refractivity contribution is 0.0788. The van der Waals surface area contributed by atoms with Crippen molar-refractivity contribution in [1.82, 2.24) is 9.80 Å². The van der Waals surface area contributed by atoms with Crippen LogP contribution in [0, 0.1) is 0 Å². The molecule has 4 heteroatoms. The molecule has 0 spiro atoms. The van der Waals surface area contributed by atoms with Crippen molar-refractivity contribution in [1.29, 1.82) is 0 Å². The maximum atomic E-state index is 12.9. The molecule has 0 atom stereocenters. The van der Waals surface area contributed by atoms with Crippen LogP contribution in [0.25, 0.3) is 11.1 Å². The normalized spacial score (nSPS) is 15.2. The highest BCUT2D eigenvalue weighted by atomic mass is 16.3. The summed E-state index contributed by atoms with van der Waals surface area (Å²) in [5.41, 5.74) is 3.51. The lowest BCUT2D eigenvalue weighted by Gasteiger charge is -2.22. The van der Waals surface area contributed by atoms with Crippen LogP contribution in [0.2, 0.25) is 0 Å². The minimum Gasteiger partial charge on any atom is -0.392 e. The SMILES string of the molecule is CN(CCCN1CCCCCC1)C(=O)c1cccc(-c2ccccc2CO)c1. The quantitative estimate of drug-likeness (QED) is 0.783. The molecule has 0 bridgehead atoms. The molecule has 4 nitrogen and oxygen atoms in total. The summed E-state index contributed by atoms with van der Waals surface area (Å²) < 4.78 is 0. The van der Waals surface area contributed by atoms with E-state index in [1.54, 1.807) is 0 Å². The molecule has 1 amide bonds. The predicted molar refractivity (Wildman–Crippen MR) is 114 cm³/mol.